The molecule has 1 aromatic rings. The first-order chi connectivity index (χ1) is 9.07. The predicted molar refractivity (Wildman–Crippen MR) is 78.3 cm³/mol. The smallest absolute Gasteiger partial charge is 0.207 e. The summed E-state index contributed by atoms with van der Waals surface area (Å²) in [5, 5.41) is 0. The minimum absolute atomic E-state index is 0.411. The van der Waals surface area contributed by atoms with Gasteiger partial charge < -0.3 is 0 Å². The first-order valence-electron chi connectivity index (χ1n) is 6.83. The minimum atomic E-state index is -3.30. The van der Waals surface area contributed by atoms with Crippen molar-refractivity contribution in [3.63, 3.8) is 0 Å². The summed E-state index contributed by atoms with van der Waals surface area (Å²) in [6.07, 6.45) is 4.90. The first-order valence-corrected chi connectivity index (χ1v) is 9.06. The van der Waals surface area contributed by atoms with Gasteiger partial charge in [-0.15, -0.1) is 0 Å². The van der Waals surface area contributed by atoms with E-state index in [4.69, 9.17) is 0 Å². The number of benzene rings is 1. The van der Waals surface area contributed by atoms with Gasteiger partial charge in [-0.3, -0.25) is 0 Å². The van der Waals surface area contributed by atoms with Crippen molar-refractivity contribution < 1.29 is 8.42 Å². The summed E-state index contributed by atoms with van der Waals surface area (Å²) >= 11 is 3.34. The maximum atomic E-state index is 12.6. The van der Waals surface area contributed by atoms with Crippen LogP contribution >= 0.6 is 15.9 Å². The van der Waals surface area contributed by atoms with Crippen molar-refractivity contribution in [1.82, 2.24) is 4.31 Å². The van der Waals surface area contributed by atoms with E-state index in [1.807, 2.05) is 0 Å². The zero-order chi connectivity index (χ0) is 13.5. The summed E-state index contributed by atoms with van der Waals surface area (Å²) in [6, 6.07) is 6.94. The molecular formula is C14H18BrNO2S. The summed E-state index contributed by atoms with van der Waals surface area (Å²) in [7, 11) is -3.30. The number of nitrogens with zero attached hydrogens (tertiary/aromatic N) is 1. The molecule has 1 aliphatic carbocycles. The molecule has 0 spiro atoms. The standard InChI is InChI=1S/C14H18BrNO2S/c15-13-5-7-14(8-6-13)19(17,18)16-9-11-3-1-2-4-12(11)10-16/h5-8,11-12H,1-4,9-10H2. The molecular weight excluding hydrogens is 326 g/mol. The molecule has 19 heavy (non-hydrogen) atoms. The lowest BCUT2D eigenvalue weighted by atomic mass is 9.82. The normalized spacial score (nSPS) is 28.3. The van der Waals surface area contributed by atoms with E-state index in [0.29, 0.717) is 29.8 Å². The van der Waals surface area contributed by atoms with Gasteiger partial charge in [0.15, 0.2) is 0 Å². The second-order valence-corrected chi connectivity index (χ2v) is 8.43. The zero-order valence-corrected chi connectivity index (χ0v) is 13.2. The van der Waals surface area contributed by atoms with Crippen LogP contribution in [0.3, 0.4) is 0 Å². The Labute approximate surface area is 123 Å². The van der Waals surface area contributed by atoms with Gasteiger partial charge in [-0.1, -0.05) is 28.8 Å². The Kier molecular flexibility index (Phi) is 3.71. The molecule has 1 heterocycles. The van der Waals surface area contributed by atoms with E-state index in [2.05, 4.69) is 15.9 Å². The van der Waals surface area contributed by atoms with Gasteiger partial charge in [-0.05, 0) is 48.9 Å². The first kappa shape index (κ1) is 13.6. The van der Waals surface area contributed by atoms with E-state index in [1.54, 1.807) is 28.6 Å². The zero-order valence-electron chi connectivity index (χ0n) is 10.8. The topological polar surface area (TPSA) is 37.4 Å². The maximum Gasteiger partial charge on any atom is 0.243 e. The molecule has 5 heteroatoms. The molecule has 3 nitrogen and oxygen atoms in total. The molecule has 3 rings (SSSR count). The molecule has 2 atom stereocenters. The number of fused-ring (bicyclic) bond motifs is 1. The Morgan fingerprint density at radius 3 is 2.05 bits per heavy atom. The van der Waals surface area contributed by atoms with Crippen LogP contribution in [-0.2, 0) is 10.0 Å². The van der Waals surface area contributed by atoms with Crippen molar-refractivity contribution in [3.05, 3.63) is 28.7 Å². The third-order valence-corrected chi connectivity index (χ3v) is 6.77. The molecule has 0 amide bonds. The van der Waals surface area contributed by atoms with Crippen molar-refractivity contribution >= 4 is 26.0 Å². The summed E-state index contributed by atoms with van der Waals surface area (Å²) in [5.41, 5.74) is 0. The van der Waals surface area contributed by atoms with Crippen LogP contribution in [0.25, 0.3) is 0 Å². The second-order valence-electron chi connectivity index (χ2n) is 5.58. The van der Waals surface area contributed by atoms with E-state index in [9.17, 15) is 8.42 Å². The van der Waals surface area contributed by atoms with E-state index in [1.165, 1.54) is 25.7 Å². The molecule has 2 fully saturated rings. The van der Waals surface area contributed by atoms with E-state index < -0.39 is 10.0 Å². The highest BCUT2D eigenvalue weighted by Crippen LogP contribution is 2.38. The summed E-state index contributed by atoms with van der Waals surface area (Å²) in [6.45, 7) is 1.42. The minimum Gasteiger partial charge on any atom is -0.207 e. The van der Waals surface area contributed by atoms with Crippen LogP contribution in [0.4, 0.5) is 0 Å². The van der Waals surface area contributed by atoms with Gasteiger partial charge in [0, 0.05) is 17.6 Å². The highest BCUT2D eigenvalue weighted by atomic mass is 79.9. The van der Waals surface area contributed by atoms with Crippen LogP contribution < -0.4 is 0 Å². The predicted octanol–water partition coefficient (Wildman–Crippen LogP) is 3.26. The fourth-order valence-corrected chi connectivity index (χ4v) is 5.13. The molecule has 2 unspecified atom stereocenters. The van der Waals surface area contributed by atoms with E-state index >= 15 is 0 Å². The summed E-state index contributed by atoms with van der Waals surface area (Å²) in [4.78, 5) is 0.411. The Balaban J connectivity index is 1.83. The average molecular weight is 344 g/mol. The van der Waals surface area contributed by atoms with Crippen molar-refractivity contribution in [2.75, 3.05) is 13.1 Å². The monoisotopic (exact) mass is 343 g/mol. The molecule has 0 N–H and O–H groups in total. The van der Waals surface area contributed by atoms with Gasteiger partial charge in [-0.25, -0.2) is 8.42 Å². The third kappa shape index (κ3) is 2.60. The number of hydrogen-bond acceptors (Lipinski definition) is 2. The van der Waals surface area contributed by atoms with Crippen LogP contribution in [0, 0.1) is 11.8 Å². The van der Waals surface area contributed by atoms with Crippen molar-refractivity contribution in [2.45, 2.75) is 30.6 Å². The van der Waals surface area contributed by atoms with E-state index in [0.717, 1.165) is 4.47 Å². The average Bonchev–Trinajstić information content (AvgIpc) is 2.83. The lowest BCUT2D eigenvalue weighted by Crippen LogP contribution is -2.29. The van der Waals surface area contributed by atoms with Crippen LogP contribution in [0.2, 0.25) is 0 Å². The third-order valence-electron chi connectivity index (χ3n) is 4.39. The maximum absolute atomic E-state index is 12.6. The van der Waals surface area contributed by atoms with Crippen molar-refractivity contribution in [3.8, 4) is 0 Å². The van der Waals surface area contributed by atoms with Crippen LogP contribution in [0.5, 0.6) is 0 Å². The highest BCUT2D eigenvalue weighted by molar-refractivity contribution is 9.10. The van der Waals surface area contributed by atoms with Crippen LogP contribution in [-0.4, -0.2) is 25.8 Å². The van der Waals surface area contributed by atoms with Gasteiger partial charge >= 0.3 is 0 Å². The fourth-order valence-electron chi connectivity index (χ4n) is 3.31. The summed E-state index contributed by atoms with van der Waals surface area (Å²) in [5.74, 6) is 1.16. The highest BCUT2D eigenvalue weighted by Gasteiger charge is 2.39. The Bertz CT molecular complexity index is 541. The van der Waals surface area contributed by atoms with Crippen molar-refractivity contribution in [2.24, 2.45) is 11.8 Å². The Morgan fingerprint density at radius 2 is 1.53 bits per heavy atom. The molecule has 0 aromatic heterocycles. The van der Waals surface area contributed by atoms with Crippen LogP contribution in [0.15, 0.2) is 33.6 Å². The van der Waals surface area contributed by atoms with Gasteiger partial charge in [0.2, 0.25) is 10.0 Å². The molecule has 2 aliphatic rings. The van der Waals surface area contributed by atoms with Gasteiger partial charge in [0.25, 0.3) is 0 Å². The SMILES string of the molecule is O=S(=O)(c1ccc(Br)cc1)N1CC2CCCCC2C1. The Morgan fingerprint density at radius 1 is 1.00 bits per heavy atom. The molecule has 0 bridgehead atoms. The molecule has 0 radical (unpaired) electrons. The number of hydrogen-bond donors (Lipinski definition) is 0. The summed E-state index contributed by atoms with van der Waals surface area (Å²) < 4.78 is 27.8. The molecule has 104 valence electrons. The lowest BCUT2D eigenvalue weighted by molar-refractivity contribution is 0.299. The number of sulfonamides is 1. The van der Waals surface area contributed by atoms with Crippen LogP contribution in [0.1, 0.15) is 25.7 Å². The van der Waals surface area contributed by atoms with Crippen molar-refractivity contribution in [1.29, 1.82) is 0 Å². The quantitative estimate of drug-likeness (QED) is 0.826. The van der Waals surface area contributed by atoms with Gasteiger partial charge in [-0.2, -0.15) is 4.31 Å². The molecule has 1 saturated carbocycles. The Hall–Kier alpha value is -0.390. The fraction of sp³-hybridized carbons (Fsp3) is 0.571. The van der Waals surface area contributed by atoms with Gasteiger partial charge in [0.1, 0.15) is 0 Å². The molecule has 1 aromatic carbocycles. The lowest BCUT2D eigenvalue weighted by Gasteiger charge is -2.22. The number of rotatable bonds is 2. The largest absolute Gasteiger partial charge is 0.243 e. The number of halogens is 1. The molecule has 1 saturated heterocycles. The second kappa shape index (κ2) is 5.19. The molecule has 1 aliphatic heterocycles. The van der Waals surface area contributed by atoms with Gasteiger partial charge in [0.05, 0.1) is 4.90 Å². The van der Waals surface area contributed by atoms with E-state index in [-0.39, 0.29) is 0 Å².